The van der Waals surface area contributed by atoms with E-state index in [1.807, 2.05) is 6.92 Å². The maximum absolute atomic E-state index is 12.1. The van der Waals surface area contributed by atoms with Crippen LogP contribution in [0.2, 0.25) is 0 Å². The van der Waals surface area contributed by atoms with Crippen molar-refractivity contribution >= 4 is 29.9 Å². The fourth-order valence-corrected chi connectivity index (χ4v) is 2.09. The van der Waals surface area contributed by atoms with E-state index in [-0.39, 0.29) is 30.1 Å². The first-order valence-corrected chi connectivity index (χ1v) is 6.82. The molecule has 1 fully saturated rings. The predicted octanol–water partition coefficient (Wildman–Crippen LogP) is 1.60. The van der Waals surface area contributed by atoms with Gasteiger partial charge in [0.2, 0.25) is 5.91 Å². The Morgan fingerprint density at radius 1 is 1.24 bits per heavy atom. The summed E-state index contributed by atoms with van der Waals surface area (Å²) in [6.07, 6.45) is 0. The summed E-state index contributed by atoms with van der Waals surface area (Å²) < 4.78 is 0. The Labute approximate surface area is 131 Å². The van der Waals surface area contributed by atoms with E-state index < -0.39 is 0 Å². The summed E-state index contributed by atoms with van der Waals surface area (Å²) in [7, 11) is 3.43. The van der Waals surface area contributed by atoms with Crippen molar-refractivity contribution in [2.75, 3.05) is 32.5 Å². The van der Waals surface area contributed by atoms with E-state index in [4.69, 9.17) is 0 Å². The summed E-state index contributed by atoms with van der Waals surface area (Å²) in [5, 5.41) is 6.06. The second-order valence-corrected chi connectivity index (χ2v) is 5.47. The Hall–Kier alpha value is -1.59. The van der Waals surface area contributed by atoms with Crippen molar-refractivity contribution < 1.29 is 9.59 Å². The number of halogens is 1. The van der Waals surface area contributed by atoms with Crippen molar-refractivity contribution in [3.8, 4) is 0 Å². The predicted molar refractivity (Wildman–Crippen MR) is 85.9 cm³/mol. The molecule has 0 aromatic heterocycles. The quantitative estimate of drug-likeness (QED) is 0.888. The van der Waals surface area contributed by atoms with Gasteiger partial charge in [-0.3, -0.25) is 9.59 Å². The minimum Gasteiger partial charge on any atom is -0.345 e. The van der Waals surface area contributed by atoms with E-state index in [2.05, 4.69) is 10.6 Å². The Morgan fingerprint density at radius 3 is 2.24 bits per heavy atom. The van der Waals surface area contributed by atoms with Gasteiger partial charge in [-0.2, -0.15) is 0 Å². The van der Waals surface area contributed by atoms with Crippen LogP contribution in [-0.2, 0) is 4.79 Å². The first kappa shape index (κ1) is 17.5. The van der Waals surface area contributed by atoms with Crippen molar-refractivity contribution in [2.45, 2.75) is 6.92 Å². The molecule has 1 atom stereocenters. The molecular formula is C15H22ClN3O2. The monoisotopic (exact) mass is 311 g/mol. The van der Waals surface area contributed by atoms with Gasteiger partial charge < -0.3 is 15.5 Å². The first-order valence-electron chi connectivity index (χ1n) is 6.82. The van der Waals surface area contributed by atoms with Crippen molar-refractivity contribution in [1.82, 2.24) is 10.2 Å². The van der Waals surface area contributed by atoms with E-state index in [0.29, 0.717) is 11.5 Å². The molecule has 0 bridgehead atoms. The summed E-state index contributed by atoms with van der Waals surface area (Å²) in [6.45, 7) is 3.76. The van der Waals surface area contributed by atoms with E-state index in [1.54, 1.807) is 38.4 Å². The molecular weight excluding hydrogens is 290 g/mol. The lowest BCUT2D eigenvalue weighted by Crippen LogP contribution is -2.48. The SMILES string of the molecule is CC(C(=O)Nc1ccc(C(=O)N(C)C)cc1)C1CNC1.Cl. The minimum atomic E-state index is -0.0446. The van der Waals surface area contributed by atoms with Gasteiger partial charge in [0.25, 0.3) is 5.91 Å². The normalized spacial score (nSPS) is 15.4. The number of hydrogen-bond acceptors (Lipinski definition) is 3. The summed E-state index contributed by atoms with van der Waals surface area (Å²) in [5.74, 6) is 0.406. The van der Waals surface area contributed by atoms with Crippen LogP contribution in [-0.4, -0.2) is 43.9 Å². The maximum Gasteiger partial charge on any atom is 0.253 e. The molecule has 1 aliphatic rings. The standard InChI is InChI=1S/C15H21N3O2.ClH/c1-10(12-8-16-9-12)14(19)17-13-6-4-11(5-7-13)15(20)18(2)3;/h4-7,10,12,16H,8-9H2,1-3H3,(H,17,19);1H. The molecule has 116 valence electrons. The molecule has 1 aromatic rings. The number of carbonyl (C=O) groups is 2. The molecule has 2 rings (SSSR count). The Morgan fingerprint density at radius 2 is 1.81 bits per heavy atom. The molecule has 21 heavy (non-hydrogen) atoms. The highest BCUT2D eigenvalue weighted by Crippen LogP contribution is 2.18. The van der Waals surface area contributed by atoms with Crippen molar-refractivity contribution in [3.63, 3.8) is 0 Å². The topological polar surface area (TPSA) is 61.4 Å². The average molecular weight is 312 g/mol. The van der Waals surface area contributed by atoms with E-state index >= 15 is 0 Å². The molecule has 2 N–H and O–H groups in total. The number of benzene rings is 1. The third-order valence-corrected chi connectivity index (χ3v) is 3.74. The van der Waals surface area contributed by atoms with E-state index in [1.165, 1.54) is 4.90 Å². The molecule has 1 unspecified atom stereocenters. The summed E-state index contributed by atoms with van der Waals surface area (Å²) >= 11 is 0. The maximum atomic E-state index is 12.1. The molecule has 5 nitrogen and oxygen atoms in total. The minimum absolute atomic E-state index is 0. The number of amides is 2. The van der Waals surface area contributed by atoms with Gasteiger partial charge >= 0.3 is 0 Å². The zero-order valence-electron chi connectivity index (χ0n) is 12.6. The largest absolute Gasteiger partial charge is 0.345 e. The van der Waals surface area contributed by atoms with Gasteiger partial charge in [-0.25, -0.2) is 0 Å². The molecule has 0 spiro atoms. The van der Waals surface area contributed by atoms with Crippen molar-refractivity contribution in [3.05, 3.63) is 29.8 Å². The average Bonchev–Trinajstić information content (AvgIpc) is 2.36. The number of nitrogens with zero attached hydrogens (tertiary/aromatic N) is 1. The molecule has 2 amide bonds. The van der Waals surface area contributed by atoms with Crippen LogP contribution in [0, 0.1) is 11.8 Å². The van der Waals surface area contributed by atoms with E-state index in [0.717, 1.165) is 18.8 Å². The van der Waals surface area contributed by atoms with Crippen LogP contribution in [0.4, 0.5) is 5.69 Å². The molecule has 1 saturated heterocycles. The van der Waals surface area contributed by atoms with Crippen LogP contribution < -0.4 is 10.6 Å². The number of anilines is 1. The van der Waals surface area contributed by atoms with Crippen LogP contribution in [0.1, 0.15) is 17.3 Å². The van der Waals surface area contributed by atoms with Gasteiger partial charge in [0.15, 0.2) is 0 Å². The molecule has 1 heterocycles. The Kier molecular flexibility index (Phi) is 6.18. The van der Waals surface area contributed by atoms with Gasteiger partial charge in [0.1, 0.15) is 0 Å². The molecule has 1 aliphatic heterocycles. The summed E-state index contributed by atoms with van der Waals surface area (Å²) in [4.78, 5) is 25.3. The van der Waals surface area contributed by atoms with Gasteiger partial charge in [-0.15, -0.1) is 12.4 Å². The number of hydrogen-bond donors (Lipinski definition) is 2. The van der Waals surface area contributed by atoms with Gasteiger partial charge in [0, 0.05) is 31.3 Å². The van der Waals surface area contributed by atoms with Crippen LogP contribution in [0.5, 0.6) is 0 Å². The highest BCUT2D eigenvalue weighted by molar-refractivity contribution is 5.96. The fourth-order valence-electron chi connectivity index (χ4n) is 2.09. The van der Waals surface area contributed by atoms with E-state index in [9.17, 15) is 9.59 Å². The van der Waals surface area contributed by atoms with Crippen LogP contribution in [0.3, 0.4) is 0 Å². The number of rotatable bonds is 4. The second kappa shape index (κ2) is 7.43. The zero-order valence-corrected chi connectivity index (χ0v) is 13.4. The molecule has 0 radical (unpaired) electrons. The number of nitrogens with one attached hydrogen (secondary N) is 2. The van der Waals surface area contributed by atoms with Crippen molar-refractivity contribution in [1.29, 1.82) is 0 Å². The zero-order chi connectivity index (χ0) is 14.7. The summed E-state index contributed by atoms with van der Waals surface area (Å²) in [6, 6.07) is 6.99. The van der Waals surface area contributed by atoms with Crippen LogP contribution >= 0.6 is 12.4 Å². The van der Waals surface area contributed by atoms with Gasteiger partial charge in [-0.1, -0.05) is 6.92 Å². The molecule has 6 heteroatoms. The molecule has 1 aromatic carbocycles. The highest BCUT2D eigenvalue weighted by Gasteiger charge is 2.28. The smallest absolute Gasteiger partial charge is 0.253 e. The van der Waals surface area contributed by atoms with Crippen LogP contribution in [0.15, 0.2) is 24.3 Å². The third kappa shape index (κ3) is 4.19. The summed E-state index contributed by atoms with van der Waals surface area (Å²) in [5.41, 5.74) is 1.34. The number of carbonyl (C=O) groups excluding carboxylic acids is 2. The fraction of sp³-hybridized carbons (Fsp3) is 0.467. The third-order valence-electron chi connectivity index (χ3n) is 3.74. The Bertz CT molecular complexity index is 498. The molecule has 0 saturated carbocycles. The highest BCUT2D eigenvalue weighted by atomic mass is 35.5. The second-order valence-electron chi connectivity index (χ2n) is 5.47. The van der Waals surface area contributed by atoms with Crippen molar-refractivity contribution in [2.24, 2.45) is 11.8 Å². The van der Waals surface area contributed by atoms with Crippen LogP contribution in [0.25, 0.3) is 0 Å². The lowest BCUT2D eigenvalue weighted by atomic mass is 9.88. The Balaban J connectivity index is 0.00000220. The first-order chi connectivity index (χ1) is 9.49. The molecule has 0 aliphatic carbocycles. The van der Waals surface area contributed by atoms with Gasteiger partial charge in [0.05, 0.1) is 0 Å². The lowest BCUT2D eigenvalue weighted by Gasteiger charge is -2.31. The van der Waals surface area contributed by atoms with Gasteiger partial charge in [-0.05, 0) is 43.3 Å². The lowest BCUT2D eigenvalue weighted by molar-refractivity contribution is -0.121.